The third-order valence-corrected chi connectivity index (χ3v) is 5.27. The minimum absolute atomic E-state index is 0.106. The van der Waals surface area contributed by atoms with Gasteiger partial charge in [0, 0.05) is 12.8 Å². The van der Waals surface area contributed by atoms with Crippen molar-refractivity contribution in [2.75, 3.05) is 6.54 Å². The highest BCUT2D eigenvalue weighted by molar-refractivity contribution is 4.87. The van der Waals surface area contributed by atoms with Gasteiger partial charge >= 0.3 is 0 Å². The number of halogens is 2. The van der Waals surface area contributed by atoms with Gasteiger partial charge in [0.25, 0.3) is 0 Å². The van der Waals surface area contributed by atoms with Gasteiger partial charge in [-0.3, -0.25) is 0 Å². The summed E-state index contributed by atoms with van der Waals surface area (Å²) in [6.45, 7) is 2.98. The van der Waals surface area contributed by atoms with Crippen molar-refractivity contribution in [1.29, 1.82) is 0 Å². The Bertz CT molecular complexity index is 267. The molecule has 0 saturated heterocycles. The van der Waals surface area contributed by atoms with Crippen LogP contribution in [0.2, 0.25) is 0 Å². The standard InChI is InChI=1S/C15H27F2N/c1-2-11-3-4-13(10-18)14(7-11)8-12-5-6-15(16,17)9-12/h11-14H,2-10,18H2,1H3. The van der Waals surface area contributed by atoms with E-state index in [4.69, 9.17) is 5.73 Å². The predicted octanol–water partition coefficient (Wildman–Crippen LogP) is 4.21. The molecule has 2 aliphatic carbocycles. The summed E-state index contributed by atoms with van der Waals surface area (Å²) in [6.07, 6.45) is 6.89. The first-order valence-electron chi connectivity index (χ1n) is 7.62. The zero-order valence-electron chi connectivity index (χ0n) is 11.5. The van der Waals surface area contributed by atoms with E-state index in [9.17, 15) is 8.78 Å². The molecule has 1 nitrogen and oxygen atoms in total. The van der Waals surface area contributed by atoms with Gasteiger partial charge < -0.3 is 5.73 Å². The van der Waals surface area contributed by atoms with Gasteiger partial charge in [0.1, 0.15) is 0 Å². The Kier molecular flexibility index (Phi) is 4.63. The molecule has 0 heterocycles. The van der Waals surface area contributed by atoms with Crippen molar-refractivity contribution < 1.29 is 8.78 Å². The first kappa shape index (κ1) is 14.2. The maximum atomic E-state index is 13.2. The first-order chi connectivity index (χ1) is 8.54. The fraction of sp³-hybridized carbons (Fsp3) is 1.00. The number of nitrogens with two attached hydrogens (primary N) is 1. The molecule has 0 spiro atoms. The quantitative estimate of drug-likeness (QED) is 0.804. The Morgan fingerprint density at radius 3 is 2.44 bits per heavy atom. The smallest absolute Gasteiger partial charge is 0.248 e. The lowest BCUT2D eigenvalue weighted by Gasteiger charge is -2.36. The molecule has 4 unspecified atom stereocenters. The number of hydrogen-bond donors (Lipinski definition) is 1. The molecule has 4 atom stereocenters. The van der Waals surface area contributed by atoms with Crippen LogP contribution in [-0.4, -0.2) is 12.5 Å². The van der Waals surface area contributed by atoms with E-state index >= 15 is 0 Å². The molecule has 0 aromatic rings. The molecule has 0 aromatic carbocycles. The normalized spacial score (nSPS) is 40.0. The van der Waals surface area contributed by atoms with Crippen LogP contribution in [0, 0.1) is 23.7 Å². The van der Waals surface area contributed by atoms with E-state index in [-0.39, 0.29) is 18.8 Å². The van der Waals surface area contributed by atoms with Gasteiger partial charge in [-0.2, -0.15) is 0 Å². The lowest BCUT2D eigenvalue weighted by atomic mass is 9.70. The molecule has 2 aliphatic rings. The molecule has 0 radical (unpaired) electrons. The number of hydrogen-bond acceptors (Lipinski definition) is 1. The largest absolute Gasteiger partial charge is 0.330 e. The Morgan fingerprint density at radius 1 is 1.11 bits per heavy atom. The van der Waals surface area contributed by atoms with E-state index in [2.05, 4.69) is 6.92 Å². The number of alkyl halides is 2. The Balaban J connectivity index is 1.89. The molecule has 106 valence electrons. The van der Waals surface area contributed by atoms with E-state index in [1.807, 2.05) is 0 Å². The van der Waals surface area contributed by atoms with Crippen LogP contribution in [0.25, 0.3) is 0 Å². The molecule has 0 aromatic heterocycles. The molecule has 2 rings (SSSR count). The van der Waals surface area contributed by atoms with Crippen LogP contribution in [0.4, 0.5) is 8.78 Å². The number of rotatable bonds is 4. The average molecular weight is 259 g/mol. The average Bonchev–Trinajstić information content (AvgIpc) is 2.68. The Morgan fingerprint density at radius 2 is 1.89 bits per heavy atom. The Hall–Kier alpha value is -0.180. The highest BCUT2D eigenvalue weighted by atomic mass is 19.3. The maximum absolute atomic E-state index is 13.2. The van der Waals surface area contributed by atoms with Gasteiger partial charge in [-0.1, -0.05) is 19.8 Å². The van der Waals surface area contributed by atoms with Crippen LogP contribution in [0.15, 0.2) is 0 Å². The van der Waals surface area contributed by atoms with Gasteiger partial charge in [0.15, 0.2) is 0 Å². The van der Waals surface area contributed by atoms with Crippen molar-refractivity contribution in [2.45, 2.75) is 64.2 Å². The van der Waals surface area contributed by atoms with Crippen molar-refractivity contribution in [2.24, 2.45) is 29.4 Å². The predicted molar refractivity (Wildman–Crippen MR) is 70.6 cm³/mol. The molecular weight excluding hydrogens is 232 g/mol. The van der Waals surface area contributed by atoms with E-state index in [0.717, 1.165) is 25.3 Å². The minimum atomic E-state index is -2.39. The SMILES string of the molecule is CCC1CCC(CN)C(CC2CCC(F)(F)C2)C1. The summed E-state index contributed by atoms with van der Waals surface area (Å²) >= 11 is 0. The topological polar surface area (TPSA) is 26.0 Å². The Labute approximate surface area is 110 Å². The molecule has 0 bridgehead atoms. The van der Waals surface area contributed by atoms with Crippen LogP contribution in [-0.2, 0) is 0 Å². The third kappa shape index (κ3) is 3.43. The molecular formula is C15H27F2N. The van der Waals surface area contributed by atoms with Crippen LogP contribution in [0.3, 0.4) is 0 Å². The van der Waals surface area contributed by atoms with E-state index < -0.39 is 5.92 Å². The highest BCUT2D eigenvalue weighted by Crippen LogP contribution is 2.45. The van der Waals surface area contributed by atoms with Crippen LogP contribution in [0.5, 0.6) is 0 Å². The maximum Gasteiger partial charge on any atom is 0.248 e. The van der Waals surface area contributed by atoms with Gasteiger partial charge in [-0.15, -0.1) is 0 Å². The van der Waals surface area contributed by atoms with Crippen molar-refractivity contribution in [3.8, 4) is 0 Å². The monoisotopic (exact) mass is 259 g/mol. The first-order valence-corrected chi connectivity index (χ1v) is 7.62. The lowest BCUT2D eigenvalue weighted by Crippen LogP contribution is -2.31. The third-order valence-electron chi connectivity index (χ3n) is 5.27. The van der Waals surface area contributed by atoms with E-state index in [1.165, 1.54) is 25.7 Å². The van der Waals surface area contributed by atoms with Crippen molar-refractivity contribution in [1.82, 2.24) is 0 Å². The molecule has 0 amide bonds. The molecule has 3 heteroatoms. The summed E-state index contributed by atoms with van der Waals surface area (Å²) in [5, 5.41) is 0. The van der Waals surface area contributed by atoms with Crippen molar-refractivity contribution >= 4 is 0 Å². The second kappa shape index (κ2) is 5.85. The molecule has 0 aliphatic heterocycles. The highest BCUT2D eigenvalue weighted by Gasteiger charge is 2.41. The molecule has 2 N–H and O–H groups in total. The second-order valence-corrected chi connectivity index (χ2v) is 6.54. The fourth-order valence-electron chi connectivity index (χ4n) is 4.06. The summed E-state index contributed by atoms with van der Waals surface area (Å²) in [7, 11) is 0. The van der Waals surface area contributed by atoms with Gasteiger partial charge in [0.2, 0.25) is 5.92 Å². The minimum Gasteiger partial charge on any atom is -0.330 e. The summed E-state index contributed by atoms with van der Waals surface area (Å²) in [6, 6.07) is 0. The van der Waals surface area contributed by atoms with Gasteiger partial charge in [0.05, 0.1) is 0 Å². The summed E-state index contributed by atoms with van der Waals surface area (Å²) in [5.41, 5.74) is 5.86. The molecule has 2 saturated carbocycles. The zero-order chi connectivity index (χ0) is 13.2. The van der Waals surface area contributed by atoms with E-state index in [0.29, 0.717) is 11.8 Å². The molecule has 2 fully saturated rings. The van der Waals surface area contributed by atoms with Crippen LogP contribution < -0.4 is 5.73 Å². The second-order valence-electron chi connectivity index (χ2n) is 6.54. The van der Waals surface area contributed by atoms with Crippen molar-refractivity contribution in [3.05, 3.63) is 0 Å². The summed E-state index contributed by atoms with van der Waals surface area (Å²) in [5.74, 6) is -0.147. The van der Waals surface area contributed by atoms with E-state index in [1.54, 1.807) is 0 Å². The summed E-state index contributed by atoms with van der Waals surface area (Å²) in [4.78, 5) is 0. The van der Waals surface area contributed by atoms with Gasteiger partial charge in [-0.25, -0.2) is 8.78 Å². The van der Waals surface area contributed by atoms with Crippen molar-refractivity contribution in [3.63, 3.8) is 0 Å². The summed E-state index contributed by atoms with van der Waals surface area (Å²) < 4.78 is 26.5. The van der Waals surface area contributed by atoms with Gasteiger partial charge in [-0.05, 0) is 55.9 Å². The van der Waals surface area contributed by atoms with Crippen LogP contribution >= 0.6 is 0 Å². The molecule has 18 heavy (non-hydrogen) atoms. The fourth-order valence-corrected chi connectivity index (χ4v) is 4.06. The zero-order valence-corrected chi connectivity index (χ0v) is 11.5. The van der Waals surface area contributed by atoms with Crippen LogP contribution in [0.1, 0.15) is 58.3 Å². The lowest BCUT2D eigenvalue weighted by molar-refractivity contribution is 0.00288.